The van der Waals surface area contributed by atoms with Crippen molar-refractivity contribution in [1.82, 2.24) is 20.3 Å². The molecule has 0 atom stereocenters. The number of para-hydroxylation sites is 2. The predicted octanol–water partition coefficient (Wildman–Crippen LogP) is 4.39. The monoisotopic (exact) mass is 392 g/mol. The van der Waals surface area contributed by atoms with Gasteiger partial charge in [0.2, 0.25) is 5.89 Å². The van der Waals surface area contributed by atoms with Crippen molar-refractivity contribution in [1.29, 1.82) is 0 Å². The lowest BCUT2D eigenvalue weighted by Crippen LogP contribution is -2.22. The number of imidazole rings is 1. The van der Waals surface area contributed by atoms with Crippen LogP contribution in [-0.4, -0.2) is 20.9 Å². The molecule has 0 spiro atoms. The Labute approximate surface area is 166 Å². The first kappa shape index (κ1) is 18.3. The Hall–Kier alpha value is -3.06. The Morgan fingerprint density at radius 1 is 1.11 bits per heavy atom. The minimum absolute atomic E-state index is 0.148. The summed E-state index contributed by atoms with van der Waals surface area (Å²) < 4.78 is 5.48. The molecule has 2 aromatic carbocycles. The Morgan fingerprint density at radius 2 is 1.89 bits per heavy atom. The lowest BCUT2D eigenvalue weighted by atomic mass is 10.1. The van der Waals surface area contributed by atoms with Crippen molar-refractivity contribution in [3.8, 4) is 0 Å². The van der Waals surface area contributed by atoms with E-state index < -0.39 is 0 Å². The average Bonchev–Trinajstić information content (AvgIpc) is 3.27. The van der Waals surface area contributed by atoms with Crippen LogP contribution in [0.2, 0.25) is 0 Å². The fraction of sp³-hybridized carbons (Fsp3) is 0.190. The van der Waals surface area contributed by atoms with Gasteiger partial charge in [0, 0.05) is 11.3 Å². The third-order valence-electron chi connectivity index (χ3n) is 4.43. The number of fused-ring (bicyclic) bond motifs is 1. The van der Waals surface area contributed by atoms with Crippen molar-refractivity contribution in [2.45, 2.75) is 31.3 Å². The van der Waals surface area contributed by atoms with E-state index in [9.17, 15) is 4.79 Å². The number of aromatic nitrogens is 3. The van der Waals surface area contributed by atoms with Crippen molar-refractivity contribution < 1.29 is 9.21 Å². The normalized spacial score (nSPS) is 11.1. The molecule has 6 nitrogen and oxygen atoms in total. The minimum Gasteiger partial charge on any atom is -0.444 e. The largest absolute Gasteiger partial charge is 0.444 e. The van der Waals surface area contributed by atoms with E-state index in [1.807, 2.05) is 62.4 Å². The molecule has 142 valence electrons. The van der Waals surface area contributed by atoms with Gasteiger partial charge < -0.3 is 14.7 Å². The van der Waals surface area contributed by atoms with Crippen molar-refractivity contribution >= 4 is 28.7 Å². The summed E-state index contributed by atoms with van der Waals surface area (Å²) in [6.45, 7) is 4.01. The molecule has 4 rings (SSSR count). The molecule has 2 N–H and O–H groups in total. The molecular formula is C21H20N4O2S. The van der Waals surface area contributed by atoms with Gasteiger partial charge in [0.05, 0.1) is 23.3 Å². The van der Waals surface area contributed by atoms with E-state index in [1.54, 1.807) is 11.8 Å². The first-order chi connectivity index (χ1) is 13.6. The van der Waals surface area contributed by atoms with Crippen LogP contribution in [0.15, 0.2) is 58.1 Å². The summed E-state index contributed by atoms with van der Waals surface area (Å²) in [7, 11) is 0. The van der Waals surface area contributed by atoms with E-state index in [0.717, 1.165) is 39.0 Å². The van der Waals surface area contributed by atoms with Gasteiger partial charge in [-0.2, -0.15) is 0 Å². The maximum absolute atomic E-state index is 12.3. The number of thioether (sulfide) groups is 1. The number of aryl methyl sites for hydroxylation is 2. The lowest BCUT2D eigenvalue weighted by molar-refractivity contribution is 0.0947. The Balaban J connectivity index is 1.33. The highest BCUT2D eigenvalue weighted by molar-refractivity contribution is 7.98. The van der Waals surface area contributed by atoms with Crippen LogP contribution in [0.1, 0.15) is 33.3 Å². The zero-order valence-electron chi connectivity index (χ0n) is 15.7. The second-order valence-electron chi connectivity index (χ2n) is 6.48. The van der Waals surface area contributed by atoms with Crippen LogP contribution >= 0.6 is 11.8 Å². The molecule has 0 bridgehead atoms. The number of H-pyrrole nitrogens is 1. The number of carbonyl (C=O) groups is 1. The summed E-state index contributed by atoms with van der Waals surface area (Å²) in [5.74, 6) is 1.92. The van der Waals surface area contributed by atoms with Crippen LogP contribution in [0, 0.1) is 13.8 Å². The van der Waals surface area contributed by atoms with Gasteiger partial charge >= 0.3 is 0 Å². The number of hydrogen-bond acceptors (Lipinski definition) is 5. The molecule has 2 heterocycles. The number of nitrogens with zero attached hydrogens (tertiary/aromatic N) is 2. The number of oxazole rings is 1. The molecule has 2 aromatic heterocycles. The number of hydrogen-bond donors (Lipinski definition) is 2. The zero-order valence-corrected chi connectivity index (χ0v) is 16.5. The third kappa shape index (κ3) is 4.09. The number of aromatic amines is 1. The second kappa shape index (κ2) is 7.90. The van der Waals surface area contributed by atoms with Gasteiger partial charge in [0.1, 0.15) is 5.76 Å². The minimum atomic E-state index is -0.148. The highest BCUT2D eigenvalue weighted by atomic mass is 32.2. The van der Waals surface area contributed by atoms with Crippen molar-refractivity contribution in [3.05, 3.63) is 77.0 Å². The summed E-state index contributed by atoms with van der Waals surface area (Å²) in [5.41, 5.74) is 4.58. The third-order valence-corrected chi connectivity index (χ3v) is 5.38. The fourth-order valence-electron chi connectivity index (χ4n) is 2.77. The van der Waals surface area contributed by atoms with Crippen molar-refractivity contribution in [3.63, 3.8) is 0 Å². The summed E-state index contributed by atoms with van der Waals surface area (Å²) >= 11 is 1.64. The van der Waals surface area contributed by atoms with E-state index in [4.69, 9.17) is 4.42 Å². The molecule has 1 amide bonds. The molecule has 0 aliphatic heterocycles. The van der Waals surface area contributed by atoms with Gasteiger partial charge in [-0.05, 0) is 43.7 Å². The van der Waals surface area contributed by atoms with Crippen LogP contribution in [-0.2, 0) is 12.3 Å². The smallest absolute Gasteiger partial charge is 0.251 e. The van der Waals surface area contributed by atoms with Gasteiger partial charge in [-0.1, -0.05) is 36.0 Å². The predicted molar refractivity (Wildman–Crippen MR) is 109 cm³/mol. The van der Waals surface area contributed by atoms with Crippen molar-refractivity contribution in [2.24, 2.45) is 0 Å². The number of nitrogens with one attached hydrogen (secondary N) is 2. The first-order valence-electron chi connectivity index (χ1n) is 8.96. The standard InChI is InChI=1S/C21H20N4O2S/c1-13-14(2)27-19(23-13)11-22-20(26)16-9-7-15(8-10-16)12-28-21-24-17-5-3-4-6-18(17)25-21/h3-10H,11-12H2,1-2H3,(H,22,26)(H,24,25). The van der Waals surface area contributed by atoms with Gasteiger partial charge in [-0.25, -0.2) is 9.97 Å². The maximum Gasteiger partial charge on any atom is 0.251 e. The van der Waals surface area contributed by atoms with Crippen LogP contribution in [0.25, 0.3) is 11.0 Å². The molecule has 0 aliphatic rings. The van der Waals surface area contributed by atoms with E-state index >= 15 is 0 Å². The molecular weight excluding hydrogens is 372 g/mol. The highest BCUT2D eigenvalue weighted by Gasteiger charge is 2.10. The van der Waals surface area contributed by atoms with E-state index in [1.165, 1.54) is 0 Å². The Kier molecular flexibility index (Phi) is 5.16. The number of benzene rings is 2. The molecule has 28 heavy (non-hydrogen) atoms. The van der Waals surface area contributed by atoms with Gasteiger partial charge in [-0.15, -0.1) is 0 Å². The van der Waals surface area contributed by atoms with Crippen LogP contribution in [0.4, 0.5) is 0 Å². The van der Waals surface area contributed by atoms with Gasteiger partial charge in [-0.3, -0.25) is 4.79 Å². The Morgan fingerprint density at radius 3 is 2.61 bits per heavy atom. The molecule has 0 aliphatic carbocycles. The SMILES string of the molecule is Cc1nc(CNC(=O)c2ccc(CSc3nc4ccccc4[nH]3)cc2)oc1C. The van der Waals surface area contributed by atoms with Crippen LogP contribution in [0.3, 0.4) is 0 Å². The van der Waals surface area contributed by atoms with Gasteiger partial charge in [0.15, 0.2) is 5.16 Å². The molecule has 0 unspecified atom stereocenters. The second-order valence-corrected chi connectivity index (χ2v) is 7.44. The summed E-state index contributed by atoms with van der Waals surface area (Å²) in [4.78, 5) is 24.4. The molecule has 0 fully saturated rings. The topological polar surface area (TPSA) is 83.8 Å². The summed E-state index contributed by atoms with van der Waals surface area (Å²) in [5, 5.41) is 3.72. The lowest BCUT2D eigenvalue weighted by Gasteiger charge is -2.04. The van der Waals surface area contributed by atoms with Gasteiger partial charge in [0.25, 0.3) is 5.91 Å². The fourth-order valence-corrected chi connectivity index (χ4v) is 3.62. The molecule has 0 radical (unpaired) electrons. The molecule has 7 heteroatoms. The van der Waals surface area contributed by atoms with E-state index in [2.05, 4.69) is 20.3 Å². The first-order valence-corrected chi connectivity index (χ1v) is 9.94. The summed E-state index contributed by atoms with van der Waals surface area (Å²) in [6.07, 6.45) is 0. The summed E-state index contributed by atoms with van der Waals surface area (Å²) in [6, 6.07) is 15.6. The molecule has 0 saturated heterocycles. The molecule has 0 saturated carbocycles. The maximum atomic E-state index is 12.3. The number of carbonyl (C=O) groups excluding carboxylic acids is 1. The zero-order chi connectivity index (χ0) is 19.5. The van der Waals surface area contributed by atoms with Crippen LogP contribution in [0.5, 0.6) is 0 Å². The number of amides is 1. The van der Waals surface area contributed by atoms with E-state index in [-0.39, 0.29) is 12.5 Å². The average molecular weight is 392 g/mol. The number of rotatable bonds is 6. The van der Waals surface area contributed by atoms with Crippen LogP contribution < -0.4 is 5.32 Å². The quantitative estimate of drug-likeness (QED) is 0.476. The van der Waals surface area contributed by atoms with E-state index in [0.29, 0.717) is 11.5 Å². The van der Waals surface area contributed by atoms with Crippen molar-refractivity contribution in [2.75, 3.05) is 0 Å². The Bertz CT molecular complexity index is 1060. The molecule has 4 aromatic rings. The highest BCUT2D eigenvalue weighted by Crippen LogP contribution is 2.23.